The van der Waals surface area contributed by atoms with Crippen molar-refractivity contribution in [2.75, 3.05) is 6.61 Å². The van der Waals surface area contributed by atoms with E-state index in [-0.39, 0.29) is 0 Å². The molecule has 2 nitrogen and oxygen atoms in total. The summed E-state index contributed by atoms with van der Waals surface area (Å²) in [5.41, 5.74) is 0.402. The van der Waals surface area contributed by atoms with Crippen molar-refractivity contribution in [3.8, 4) is 5.75 Å². The van der Waals surface area contributed by atoms with Gasteiger partial charge in [-0.25, -0.2) is 0 Å². The fourth-order valence-electron chi connectivity index (χ4n) is 3.15. The Balaban J connectivity index is 2.14. The largest absolute Gasteiger partial charge is 0.494 e. The predicted molar refractivity (Wildman–Crippen MR) is 78.3 cm³/mol. The molecule has 0 saturated heterocycles. The maximum absolute atomic E-state index is 10.9. The fourth-order valence-corrected chi connectivity index (χ4v) is 3.15. The van der Waals surface area contributed by atoms with E-state index in [0.29, 0.717) is 18.4 Å². The highest BCUT2D eigenvalue weighted by Crippen LogP contribution is 2.42. The van der Waals surface area contributed by atoms with Gasteiger partial charge in [-0.15, -0.1) is 0 Å². The average Bonchev–Trinajstić information content (AvgIpc) is 2.40. The molecule has 0 bridgehead atoms. The lowest BCUT2D eigenvalue weighted by Crippen LogP contribution is -2.34. The average molecular weight is 262 g/mol. The van der Waals surface area contributed by atoms with Crippen LogP contribution in [0.3, 0.4) is 0 Å². The third kappa shape index (κ3) is 3.30. The highest BCUT2D eigenvalue weighted by Gasteiger charge is 2.36. The van der Waals surface area contributed by atoms with Gasteiger partial charge in [0.1, 0.15) is 5.75 Å². The van der Waals surface area contributed by atoms with Crippen molar-refractivity contribution in [3.63, 3.8) is 0 Å². The number of rotatable bonds is 4. The van der Waals surface area contributed by atoms with Crippen molar-refractivity contribution in [1.29, 1.82) is 0 Å². The number of aliphatic hydroxyl groups is 1. The van der Waals surface area contributed by atoms with Gasteiger partial charge in [-0.3, -0.25) is 0 Å². The Labute approximate surface area is 116 Å². The third-order valence-electron chi connectivity index (χ3n) is 4.41. The van der Waals surface area contributed by atoms with E-state index in [0.717, 1.165) is 30.6 Å². The second kappa shape index (κ2) is 5.96. The monoisotopic (exact) mass is 262 g/mol. The van der Waals surface area contributed by atoms with E-state index < -0.39 is 5.60 Å². The Morgan fingerprint density at radius 1 is 1.32 bits per heavy atom. The molecule has 1 aromatic carbocycles. The Kier molecular flexibility index (Phi) is 4.51. The molecule has 2 atom stereocenters. The highest BCUT2D eigenvalue weighted by molar-refractivity contribution is 5.31. The van der Waals surface area contributed by atoms with E-state index >= 15 is 0 Å². The Bertz CT molecular complexity index is 396. The van der Waals surface area contributed by atoms with E-state index in [2.05, 4.69) is 13.8 Å². The van der Waals surface area contributed by atoms with Gasteiger partial charge in [0.25, 0.3) is 0 Å². The van der Waals surface area contributed by atoms with Gasteiger partial charge in [0.05, 0.1) is 12.2 Å². The van der Waals surface area contributed by atoms with Crippen molar-refractivity contribution in [2.24, 2.45) is 11.8 Å². The van der Waals surface area contributed by atoms with Crippen LogP contribution >= 0.6 is 0 Å². The summed E-state index contributed by atoms with van der Waals surface area (Å²) in [5.74, 6) is 2.16. The Morgan fingerprint density at radius 2 is 2.00 bits per heavy atom. The number of hydrogen-bond acceptors (Lipinski definition) is 2. The van der Waals surface area contributed by atoms with E-state index in [1.165, 1.54) is 6.42 Å². The number of benzene rings is 1. The van der Waals surface area contributed by atoms with Gasteiger partial charge in [0, 0.05) is 0 Å². The Morgan fingerprint density at radius 3 is 2.58 bits per heavy atom. The van der Waals surface area contributed by atoms with Crippen LogP contribution in [0, 0.1) is 11.8 Å². The van der Waals surface area contributed by atoms with Gasteiger partial charge in [0.2, 0.25) is 0 Å². The molecule has 1 aromatic rings. The standard InChI is InChI=1S/C17H26O2/c1-4-19-16-9-7-15(8-10-16)17(18)11-5-6-14(12-17)13(2)3/h7-10,13-14,18H,4-6,11-12H2,1-3H3. The first kappa shape index (κ1) is 14.4. The minimum absolute atomic E-state index is 0.630. The van der Waals surface area contributed by atoms with Crippen molar-refractivity contribution < 1.29 is 9.84 Å². The molecule has 1 saturated carbocycles. The minimum atomic E-state index is -0.641. The SMILES string of the molecule is CCOc1ccc(C2(O)CCCC(C(C)C)C2)cc1. The molecule has 1 fully saturated rings. The van der Waals surface area contributed by atoms with E-state index in [9.17, 15) is 5.11 Å². The summed E-state index contributed by atoms with van der Waals surface area (Å²) in [7, 11) is 0. The lowest BCUT2D eigenvalue weighted by Gasteiger charge is -2.39. The molecule has 0 spiro atoms. The molecule has 0 aliphatic heterocycles. The van der Waals surface area contributed by atoms with Crippen LogP contribution in [0.1, 0.15) is 52.0 Å². The Hall–Kier alpha value is -1.02. The minimum Gasteiger partial charge on any atom is -0.494 e. The molecule has 1 aliphatic carbocycles. The molecule has 2 unspecified atom stereocenters. The molecule has 1 N–H and O–H groups in total. The zero-order valence-corrected chi connectivity index (χ0v) is 12.4. The third-order valence-corrected chi connectivity index (χ3v) is 4.41. The van der Waals surface area contributed by atoms with Crippen molar-refractivity contribution in [2.45, 2.75) is 52.1 Å². The summed E-state index contributed by atoms with van der Waals surface area (Å²) in [5, 5.41) is 10.9. The molecule has 0 aromatic heterocycles. The van der Waals surface area contributed by atoms with Crippen LogP contribution in [0.2, 0.25) is 0 Å². The zero-order valence-electron chi connectivity index (χ0n) is 12.4. The molecule has 106 valence electrons. The van der Waals surface area contributed by atoms with Gasteiger partial charge < -0.3 is 9.84 Å². The van der Waals surface area contributed by atoms with Crippen LogP contribution in [0.5, 0.6) is 5.75 Å². The highest BCUT2D eigenvalue weighted by atomic mass is 16.5. The topological polar surface area (TPSA) is 29.5 Å². The molecule has 2 heteroatoms. The van der Waals surface area contributed by atoms with Gasteiger partial charge in [-0.05, 0) is 62.1 Å². The molecule has 1 aliphatic rings. The van der Waals surface area contributed by atoms with Crippen LogP contribution < -0.4 is 4.74 Å². The van der Waals surface area contributed by atoms with Gasteiger partial charge in [0.15, 0.2) is 0 Å². The first-order valence-electron chi connectivity index (χ1n) is 7.51. The maximum Gasteiger partial charge on any atom is 0.119 e. The number of ether oxygens (including phenoxy) is 1. The summed E-state index contributed by atoms with van der Waals surface area (Å²) in [4.78, 5) is 0. The van der Waals surface area contributed by atoms with E-state index in [4.69, 9.17) is 4.74 Å². The fraction of sp³-hybridized carbons (Fsp3) is 0.647. The van der Waals surface area contributed by atoms with Crippen LogP contribution in [0.25, 0.3) is 0 Å². The van der Waals surface area contributed by atoms with Crippen LogP contribution in [0.4, 0.5) is 0 Å². The van der Waals surface area contributed by atoms with Gasteiger partial charge in [-0.1, -0.05) is 26.0 Å². The molecule has 0 radical (unpaired) electrons. The summed E-state index contributed by atoms with van der Waals surface area (Å²) < 4.78 is 5.46. The van der Waals surface area contributed by atoms with E-state index in [1.807, 2.05) is 31.2 Å². The van der Waals surface area contributed by atoms with E-state index in [1.54, 1.807) is 0 Å². The van der Waals surface area contributed by atoms with Crippen molar-refractivity contribution in [1.82, 2.24) is 0 Å². The smallest absolute Gasteiger partial charge is 0.119 e. The second-order valence-corrected chi connectivity index (χ2v) is 6.09. The molecule has 2 rings (SSSR count). The summed E-state index contributed by atoms with van der Waals surface area (Å²) in [6.07, 6.45) is 4.13. The quantitative estimate of drug-likeness (QED) is 0.884. The molecule has 0 heterocycles. The van der Waals surface area contributed by atoms with Crippen LogP contribution in [0.15, 0.2) is 24.3 Å². The normalized spacial score (nSPS) is 27.5. The lowest BCUT2D eigenvalue weighted by molar-refractivity contribution is -0.0295. The molecule has 19 heavy (non-hydrogen) atoms. The van der Waals surface area contributed by atoms with Crippen LogP contribution in [-0.4, -0.2) is 11.7 Å². The van der Waals surface area contributed by atoms with Gasteiger partial charge >= 0.3 is 0 Å². The van der Waals surface area contributed by atoms with Crippen LogP contribution in [-0.2, 0) is 5.60 Å². The van der Waals surface area contributed by atoms with Crippen molar-refractivity contribution >= 4 is 0 Å². The lowest BCUT2D eigenvalue weighted by atomic mass is 9.71. The predicted octanol–water partition coefficient (Wildman–Crippen LogP) is 4.12. The first-order chi connectivity index (χ1) is 9.05. The molecule has 0 amide bonds. The molecular formula is C17H26O2. The zero-order chi connectivity index (χ0) is 13.9. The van der Waals surface area contributed by atoms with Crippen molar-refractivity contribution in [3.05, 3.63) is 29.8 Å². The van der Waals surface area contributed by atoms with Gasteiger partial charge in [-0.2, -0.15) is 0 Å². The summed E-state index contributed by atoms with van der Waals surface area (Å²) >= 11 is 0. The second-order valence-electron chi connectivity index (χ2n) is 6.09. The first-order valence-corrected chi connectivity index (χ1v) is 7.51. The summed E-state index contributed by atoms with van der Waals surface area (Å²) in [6.45, 7) is 7.18. The molecular weight excluding hydrogens is 236 g/mol. The number of hydrogen-bond donors (Lipinski definition) is 1. The summed E-state index contributed by atoms with van der Waals surface area (Å²) in [6, 6.07) is 7.98. The maximum atomic E-state index is 10.9.